The summed E-state index contributed by atoms with van der Waals surface area (Å²) in [5, 5.41) is 2.41. The minimum Gasteiger partial charge on any atom is -0.356 e. The van der Waals surface area contributed by atoms with E-state index in [0.29, 0.717) is 0 Å². The van der Waals surface area contributed by atoms with E-state index in [-0.39, 0.29) is 11.8 Å². The van der Waals surface area contributed by atoms with Gasteiger partial charge in [0.1, 0.15) is 0 Å². The third-order valence-corrected chi connectivity index (χ3v) is 2.04. The zero-order valence-corrected chi connectivity index (χ0v) is 7.75. The highest BCUT2D eigenvalue weighted by Crippen LogP contribution is 2.07. The molecule has 0 unspecified atom stereocenters. The molecule has 0 atom stereocenters. The van der Waals surface area contributed by atoms with Crippen LogP contribution in [0.5, 0.6) is 0 Å². The fourth-order valence-corrected chi connectivity index (χ4v) is 1.27. The summed E-state index contributed by atoms with van der Waals surface area (Å²) in [4.78, 5) is 23.8. The zero-order valence-electron chi connectivity index (χ0n) is 7.75. The highest BCUT2D eigenvalue weighted by Gasteiger charge is 2.15. The van der Waals surface area contributed by atoms with Crippen LogP contribution in [0.4, 0.5) is 0 Å². The van der Waals surface area contributed by atoms with Crippen molar-refractivity contribution in [3.05, 3.63) is 12.2 Å². The summed E-state index contributed by atoms with van der Waals surface area (Å²) in [6.07, 6.45) is 4.73. The van der Waals surface area contributed by atoms with Crippen LogP contribution in [0.3, 0.4) is 0 Å². The van der Waals surface area contributed by atoms with Gasteiger partial charge in [0.2, 0.25) is 11.8 Å². The zero-order chi connectivity index (χ0) is 9.68. The van der Waals surface area contributed by atoms with E-state index in [4.69, 9.17) is 0 Å². The van der Waals surface area contributed by atoms with E-state index < -0.39 is 0 Å². The summed E-state index contributed by atoms with van der Waals surface area (Å²) >= 11 is 0. The Morgan fingerprint density at radius 2 is 1.85 bits per heavy atom. The number of amides is 2. The van der Waals surface area contributed by atoms with Crippen LogP contribution in [0.25, 0.3) is 0 Å². The van der Waals surface area contributed by atoms with Crippen molar-refractivity contribution in [2.75, 3.05) is 20.1 Å². The second-order valence-corrected chi connectivity index (χ2v) is 2.98. The van der Waals surface area contributed by atoms with E-state index in [0.717, 1.165) is 25.9 Å². The average Bonchev–Trinajstić information content (AvgIpc) is 2.66. The molecule has 1 aliphatic heterocycles. The normalized spacial score (nSPS) is 16.5. The third kappa shape index (κ3) is 2.89. The highest BCUT2D eigenvalue weighted by molar-refractivity contribution is 5.96. The minimum atomic E-state index is -0.243. The molecule has 0 saturated carbocycles. The van der Waals surface area contributed by atoms with E-state index in [1.54, 1.807) is 4.90 Å². The molecule has 0 spiro atoms. The molecule has 2 amide bonds. The molecule has 0 radical (unpaired) electrons. The Morgan fingerprint density at radius 1 is 1.23 bits per heavy atom. The fraction of sp³-hybridized carbons (Fsp3) is 0.556. The monoisotopic (exact) mass is 182 g/mol. The first-order chi connectivity index (χ1) is 6.24. The Hall–Kier alpha value is -1.32. The summed E-state index contributed by atoms with van der Waals surface area (Å²) in [5.41, 5.74) is 0. The fourth-order valence-electron chi connectivity index (χ4n) is 1.27. The van der Waals surface area contributed by atoms with Crippen LogP contribution in [0.15, 0.2) is 12.2 Å². The molecule has 1 saturated heterocycles. The topological polar surface area (TPSA) is 49.4 Å². The SMILES string of the molecule is CNC(=O)/C=C/C(=O)N1CCCC1. The number of hydrogen-bond acceptors (Lipinski definition) is 2. The summed E-state index contributed by atoms with van der Waals surface area (Å²) < 4.78 is 0. The molecule has 0 aliphatic carbocycles. The molecule has 72 valence electrons. The van der Waals surface area contributed by atoms with Gasteiger partial charge in [0.05, 0.1) is 0 Å². The molecule has 1 rings (SSSR count). The van der Waals surface area contributed by atoms with Crippen molar-refractivity contribution in [1.29, 1.82) is 0 Å². The van der Waals surface area contributed by atoms with Crippen LogP contribution in [0.2, 0.25) is 0 Å². The van der Waals surface area contributed by atoms with E-state index in [1.807, 2.05) is 0 Å². The molecule has 4 nitrogen and oxygen atoms in total. The van der Waals surface area contributed by atoms with E-state index in [2.05, 4.69) is 5.32 Å². The van der Waals surface area contributed by atoms with Crippen LogP contribution in [-0.2, 0) is 9.59 Å². The van der Waals surface area contributed by atoms with Gasteiger partial charge in [-0.15, -0.1) is 0 Å². The van der Waals surface area contributed by atoms with Gasteiger partial charge in [-0.1, -0.05) is 0 Å². The molecule has 4 heteroatoms. The Balaban J connectivity index is 2.39. The Bertz CT molecular complexity index is 230. The third-order valence-electron chi connectivity index (χ3n) is 2.04. The lowest BCUT2D eigenvalue weighted by Gasteiger charge is -2.11. The Morgan fingerprint density at radius 3 is 2.38 bits per heavy atom. The summed E-state index contributed by atoms with van der Waals surface area (Å²) in [5.74, 6) is -0.311. The Kier molecular flexibility index (Phi) is 3.49. The lowest BCUT2D eigenvalue weighted by Crippen LogP contribution is -2.26. The van der Waals surface area contributed by atoms with Gasteiger partial charge < -0.3 is 10.2 Å². The first-order valence-corrected chi connectivity index (χ1v) is 4.42. The van der Waals surface area contributed by atoms with E-state index >= 15 is 0 Å². The largest absolute Gasteiger partial charge is 0.356 e. The predicted molar refractivity (Wildman–Crippen MR) is 49.0 cm³/mol. The van der Waals surface area contributed by atoms with E-state index in [9.17, 15) is 9.59 Å². The predicted octanol–water partition coefficient (Wildman–Crippen LogP) is -0.0890. The first kappa shape index (κ1) is 9.77. The maximum absolute atomic E-state index is 11.3. The van der Waals surface area contributed by atoms with Crippen molar-refractivity contribution >= 4 is 11.8 Å². The smallest absolute Gasteiger partial charge is 0.246 e. The molecule has 1 N–H and O–H groups in total. The number of likely N-dealkylation sites (N-methyl/N-ethyl adjacent to an activating group) is 1. The second kappa shape index (κ2) is 4.64. The number of nitrogens with one attached hydrogen (secondary N) is 1. The molecule has 13 heavy (non-hydrogen) atoms. The van der Waals surface area contributed by atoms with Gasteiger partial charge in [-0.2, -0.15) is 0 Å². The highest BCUT2D eigenvalue weighted by atomic mass is 16.2. The van der Waals surface area contributed by atoms with Gasteiger partial charge in [-0.25, -0.2) is 0 Å². The van der Waals surface area contributed by atoms with Crippen molar-refractivity contribution in [3.63, 3.8) is 0 Å². The molecule has 0 aromatic heterocycles. The van der Waals surface area contributed by atoms with Gasteiger partial charge in [0.25, 0.3) is 0 Å². The standard InChI is InChI=1S/C9H14N2O2/c1-10-8(12)4-5-9(13)11-6-2-3-7-11/h4-5H,2-3,6-7H2,1H3,(H,10,12)/b5-4+. The Labute approximate surface area is 77.6 Å². The molecule has 1 fully saturated rings. The maximum Gasteiger partial charge on any atom is 0.246 e. The van der Waals surface area contributed by atoms with Crippen LogP contribution in [0.1, 0.15) is 12.8 Å². The quantitative estimate of drug-likeness (QED) is 0.607. The average molecular weight is 182 g/mol. The van der Waals surface area contributed by atoms with Crippen LogP contribution >= 0.6 is 0 Å². The second-order valence-electron chi connectivity index (χ2n) is 2.98. The molecule has 0 aromatic rings. The number of rotatable bonds is 2. The lowest BCUT2D eigenvalue weighted by molar-refractivity contribution is -0.125. The molecule has 0 bridgehead atoms. The molecule has 1 heterocycles. The van der Waals surface area contributed by atoms with Gasteiger partial charge >= 0.3 is 0 Å². The number of carbonyl (C=O) groups excluding carboxylic acids is 2. The van der Waals surface area contributed by atoms with Crippen LogP contribution in [-0.4, -0.2) is 36.9 Å². The van der Waals surface area contributed by atoms with Gasteiger partial charge in [-0.05, 0) is 12.8 Å². The summed E-state index contributed by atoms with van der Waals surface area (Å²) in [6.45, 7) is 1.63. The van der Waals surface area contributed by atoms with Gasteiger partial charge in [-0.3, -0.25) is 9.59 Å². The molecule has 0 aromatic carbocycles. The summed E-state index contributed by atoms with van der Waals surface area (Å²) in [7, 11) is 1.53. The van der Waals surface area contributed by atoms with Crippen LogP contribution in [0, 0.1) is 0 Å². The van der Waals surface area contributed by atoms with Crippen molar-refractivity contribution < 1.29 is 9.59 Å². The lowest BCUT2D eigenvalue weighted by atomic mass is 10.4. The number of nitrogens with zero attached hydrogens (tertiary/aromatic N) is 1. The number of carbonyl (C=O) groups is 2. The number of hydrogen-bond donors (Lipinski definition) is 1. The molecular formula is C9H14N2O2. The first-order valence-electron chi connectivity index (χ1n) is 4.42. The van der Waals surface area contributed by atoms with E-state index in [1.165, 1.54) is 19.2 Å². The van der Waals surface area contributed by atoms with Crippen molar-refractivity contribution in [2.24, 2.45) is 0 Å². The van der Waals surface area contributed by atoms with Gasteiger partial charge in [0.15, 0.2) is 0 Å². The molecule has 1 aliphatic rings. The number of likely N-dealkylation sites (tertiary alicyclic amines) is 1. The summed E-state index contributed by atoms with van der Waals surface area (Å²) in [6, 6.07) is 0. The maximum atomic E-state index is 11.3. The van der Waals surface area contributed by atoms with Gasteiger partial charge in [0, 0.05) is 32.3 Å². The molecular weight excluding hydrogens is 168 g/mol. The van der Waals surface area contributed by atoms with Crippen molar-refractivity contribution in [2.45, 2.75) is 12.8 Å². The van der Waals surface area contributed by atoms with Crippen LogP contribution < -0.4 is 5.32 Å². The minimum absolute atomic E-state index is 0.0684. The van der Waals surface area contributed by atoms with Crippen molar-refractivity contribution in [3.8, 4) is 0 Å². The van der Waals surface area contributed by atoms with Crippen molar-refractivity contribution in [1.82, 2.24) is 10.2 Å².